The van der Waals surface area contributed by atoms with Crippen molar-refractivity contribution in [2.45, 2.75) is 58.8 Å². The van der Waals surface area contributed by atoms with Gasteiger partial charge in [-0.2, -0.15) is 0 Å². The molecule has 0 saturated carbocycles. The first kappa shape index (κ1) is 18.3. The van der Waals surface area contributed by atoms with Gasteiger partial charge in [-0.25, -0.2) is 4.98 Å². The molecule has 0 saturated heterocycles. The minimum Gasteiger partial charge on any atom is -0.477 e. The van der Waals surface area contributed by atoms with Crippen LogP contribution in [-0.2, 0) is 17.9 Å². The van der Waals surface area contributed by atoms with Gasteiger partial charge in [0, 0.05) is 25.0 Å². The monoisotopic (exact) mass is 356 g/mol. The van der Waals surface area contributed by atoms with E-state index in [1.54, 1.807) is 0 Å². The van der Waals surface area contributed by atoms with Crippen molar-refractivity contribution >= 4 is 11.6 Å². The van der Waals surface area contributed by atoms with E-state index in [1.165, 1.54) is 0 Å². The average molecular weight is 356 g/mol. The van der Waals surface area contributed by atoms with Gasteiger partial charge < -0.3 is 19.5 Å². The van der Waals surface area contributed by atoms with Crippen LogP contribution < -0.4 is 15.0 Å². The fourth-order valence-electron chi connectivity index (χ4n) is 3.33. The molecule has 0 fully saturated rings. The van der Waals surface area contributed by atoms with Crippen LogP contribution in [0.15, 0.2) is 36.7 Å². The molecule has 0 aliphatic carbocycles. The van der Waals surface area contributed by atoms with E-state index in [1.807, 2.05) is 36.7 Å². The molecule has 1 aliphatic rings. The van der Waals surface area contributed by atoms with Crippen molar-refractivity contribution in [2.24, 2.45) is 0 Å². The van der Waals surface area contributed by atoms with Crippen molar-refractivity contribution < 1.29 is 9.53 Å². The van der Waals surface area contributed by atoms with Crippen molar-refractivity contribution in [3.8, 4) is 5.75 Å². The Balaban J connectivity index is 1.81. The molecule has 1 aromatic heterocycles. The summed E-state index contributed by atoms with van der Waals surface area (Å²) in [5, 5.41) is 3.11. The number of amides is 1. The third-order valence-electron chi connectivity index (χ3n) is 4.96. The SMILES string of the molecule is CCC(CC)NC(=O)C1CN(Cc2nccn2CC)c2ccccc2O1. The summed E-state index contributed by atoms with van der Waals surface area (Å²) < 4.78 is 8.13. The molecular formula is C20H28N4O2. The lowest BCUT2D eigenvalue weighted by atomic mass is 10.1. The quantitative estimate of drug-likeness (QED) is 0.829. The Bertz CT molecular complexity index is 739. The maximum absolute atomic E-state index is 12.7. The first-order chi connectivity index (χ1) is 12.7. The van der Waals surface area contributed by atoms with Gasteiger partial charge in [-0.1, -0.05) is 26.0 Å². The van der Waals surface area contributed by atoms with Gasteiger partial charge >= 0.3 is 0 Å². The Morgan fingerprint density at radius 2 is 2.08 bits per heavy atom. The Hall–Kier alpha value is -2.50. The number of carbonyl (C=O) groups is 1. The number of imidazole rings is 1. The molecule has 0 bridgehead atoms. The Kier molecular flexibility index (Phi) is 5.81. The summed E-state index contributed by atoms with van der Waals surface area (Å²) in [6.45, 7) is 8.31. The molecule has 1 aliphatic heterocycles. The highest BCUT2D eigenvalue weighted by molar-refractivity contribution is 5.83. The van der Waals surface area contributed by atoms with Crippen LogP contribution >= 0.6 is 0 Å². The number of anilines is 1. The zero-order chi connectivity index (χ0) is 18.5. The molecule has 26 heavy (non-hydrogen) atoms. The molecule has 2 heterocycles. The van der Waals surface area contributed by atoms with Gasteiger partial charge in [-0.15, -0.1) is 0 Å². The lowest BCUT2D eigenvalue weighted by molar-refractivity contribution is -0.128. The number of hydrogen-bond donors (Lipinski definition) is 1. The van der Waals surface area contributed by atoms with E-state index in [9.17, 15) is 4.79 Å². The molecule has 1 N–H and O–H groups in total. The summed E-state index contributed by atoms with van der Waals surface area (Å²) in [5.41, 5.74) is 1.00. The largest absolute Gasteiger partial charge is 0.477 e. The Morgan fingerprint density at radius 1 is 1.31 bits per heavy atom. The number of nitrogens with one attached hydrogen (secondary N) is 1. The second-order valence-electron chi connectivity index (χ2n) is 6.61. The van der Waals surface area contributed by atoms with E-state index >= 15 is 0 Å². The summed E-state index contributed by atoms with van der Waals surface area (Å²) >= 11 is 0. The highest BCUT2D eigenvalue weighted by Gasteiger charge is 2.31. The summed E-state index contributed by atoms with van der Waals surface area (Å²) in [6.07, 6.45) is 5.13. The lowest BCUT2D eigenvalue weighted by Crippen LogP contribution is -2.51. The highest BCUT2D eigenvalue weighted by atomic mass is 16.5. The molecule has 1 aromatic carbocycles. The number of para-hydroxylation sites is 2. The van der Waals surface area contributed by atoms with Crippen LogP contribution in [0.1, 0.15) is 39.4 Å². The van der Waals surface area contributed by atoms with Crippen LogP contribution in [0.2, 0.25) is 0 Å². The van der Waals surface area contributed by atoms with Crippen LogP contribution in [0.25, 0.3) is 0 Å². The predicted octanol–water partition coefficient (Wildman–Crippen LogP) is 2.98. The fraction of sp³-hybridized carbons (Fsp3) is 0.500. The van der Waals surface area contributed by atoms with Gasteiger partial charge in [0.2, 0.25) is 0 Å². The third-order valence-corrected chi connectivity index (χ3v) is 4.96. The topological polar surface area (TPSA) is 59.4 Å². The van der Waals surface area contributed by atoms with E-state index in [0.29, 0.717) is 13.1 Å². The van der Waals surface area contributed by atoms with Crippen LogP contribution in [0, 0.1) is 0 Å². The van der Waals surface area contributed by atoms with Crippen molar-refractivity contribution in [1.82, 2.24) is 14.9 Å². The second kappa shape index (κ2) is 8.25. The summed E-state index contributed by atoms with van der Waals surface area (Å²) in [4.78, 5) is 19.4. The van der Waals surface area contributed by atoms with Gasteiger partial charge in [0.15, 0.2) is 6.10 Å². The number of rotatable bonds is 7. The van der Waals surface area contributed by atoms with Crippen molar-refractivity contribution in [2.75, 3.05) is 11.4 Å². The van der Waals surface area contributed by atoms with Crippen LogP contribution in [-0.4, -0.2) is 34.1 Å². The molecule has 1 amide bonds. The van der Waals surface area contributed by atoms with E-state index in [2.05, 4.69) is 40.5 Å². The van der Waals surface area contributed by atoms with Gasteiger partial charge in [0.05, 0.1) is 18.8 Å². The molecule has 140 valence electrons. The molecular weight excluding hydrogens is 328 g/mol. The molecule has 6 heteroatoms. The van der Waals surface area contributed by atoms with Crippen LogP contribution in [0.4, 0.5) is 5.69 Å². The minimum absolute atomic E-state index is 0.0444. The van der Waals surface area contributed by atoms with E-state index in [-0.39, 0.29) is 11.9 Å². The highest BCUT2D eigenvalue weighted by Crippen LogP contribution is 2.34. The third kappa shape index (κ3) is 3.84. The number of benzene rings is 1. The van der Waals surface area contributed by atoms with Crippen LogP contribution in [0.5, 0.6) is 5.75 Å². The number of ether oxygens (including phenoxy) is 1. The fourth-order valence-corrected chi connectivity index (χ4v) is 3.33. The smallest absolute Gasteiger partial charge is 0.263 e. The molecule has 0 spiro atoms. The van der Waals surface area contributed by atoms with Gasteiger partial charge in [-0.3, -0.25) is 4.79 Å². The molecule has 0 radical (unpaired) electrons. The summed E-state index contributed by atoms with van der Waals surface area (Å²) in [5.74, 6) is 1.69. The van der Waals surface area contributed by atoms with E-state index < -0.39 is 6.10 Å². The normalized spacial score (nSPS) is 16.3. The number of nitrogens with zero attached hydrogens (tertiary/aromatic N) is 3. The molecule has 2 aromatic rings. The number of carbonyl (C=O) groups excluding carboxylic acids is 1. The van der Waals surface area contributed by atoms with Gasteiger partial charge in [-0.05, 0) is 31.9 Å². The average Bonchev–Trinajstić information content (AvgIpc) is 3.12. The molecule has 6 nitrogen and oxygen atoms in total. The molecule has 1 unspecified atom stereocenters. The first-order valence-corrected chi connectivity index (χ1v) is 9.47. The standard InChI is InChI=1S/C20H28N4O2/c1-4-15(5-2)22-20(25)18-13-24(14-19-21-11-12-23(19)6-3)16-9-7-8-10-17(16)26-18/h7-12,15,18H,4-6,13-14H2,1-3H3,(H,22,25). The maximum Gasteiger partial charge on any atom is 0.263 e. The number of aromatic nitrogens is 2. The van der Waals surface area contributed by atoms with Gasteiger partial charge in [0.25, 0.3) is 5.91 Å². The second-order valence-corrected chi connectivity index (χ2v) is 6.61. The zero-order valence-electron chi connectivity index (χ0n) is 15.8. The molecule has 1 atom stereocenters. The summed E-state index contributed by atoms with van der Waals surface area (Å²) in [7, 11) is 0. The van der Waals surface area contributed by atoms with E-state index in [0.717, 1.165) is 36.6 Å². The van der Waals surface area contributed by atoms with Crippen LogP contribution in [0.3, 0.4) is 0 Å². The maximum atomic E-state index is 12.7. The lowest BCUT2D eigenvalue weighted by Gasteiger charge is -2.36. The molecule has 3 rings (SSSR count). The zero-order valence-corrected chi connectivity index (χ0v) is 15.8. The van der Waals surface area contributed by atoms with Gasteiger partial charge in [0.1, 0.15) is 11.6 Å². The van der Waals surface area contributed by atoms with Crippen molar-refractivity contribution in [1.29, 1.82) is 0 Å². The van der Waals surface area contributed by atoms with Crippen molar-refractivity contribution in [3.05, 3.63) is 42.5 Å². The summed E-state index contributed by atoms with van der Waals surface area (Å²) in [6, 6.07) is 8.07. The van der Waals surface area contributed by atoms with E-state index in [4.69, 9.17) is 4.74 Å². The van der Waals surface area contributed by atoms with Crippen molar-refractivity contribution in [3.63, 3.8) is 0 Å². The number of fused-ring (bicyclic) bond motifs is 1. The first-order valence-electron chi connectivity index (χ1n) is 9.47. The number of aryl methyl sites for hydroxylation is 1. The number of hydrogen-bond acceptors (Lipinski definition) is 4. The Labute approximate surface area is 155 Å². The Morgan fingerprint density at radius 3 is 2.81 bits per heavy atom. The minimum atomic E-state index is -0.518. The predicted molar refractivity (Wildman–Crippen MR) is 102 cm³/mol.